The van der Waals surface area contributed by atoms with Gasteiger partial charge in [-0.3, -0.25) is 14.9 Å². The molecule has 0 aliphatic heterocycles. The van der Waals surface area contributed by atoms with Crippen molar-refractivity contribution in [1.82, 2.24) is 20.4 Å². The third-order valence-electron chi connectivity index (χ3n) is 2.56. The molecule has 106 valence electrons. The molecule has 0 saturated heterocycles. The Hall–Kier alpha value is -1.54. The predicted molar refractivity (Wildman–Crippen MR) is 74.1 cm³/mol. The van der Waals surface area contributed by atoms with Gasteiger partial charge >= 0.3 is 11.8 Å². The third-order valence-corrected chi connectivity index (χ3v) is 3.31. The fourth-order valence-corrected chi connectivity index (χ4v) is 2.04. The number of nitrogens with one attached hydrogen (secondary N) is 2. The number of carbonyl (C=O) groups excluding carboxylic acids is 2. The highest BCUT2D eigenvalue weighted by atomic mass is 32.1. The van der Waals surface area contributed by atoms with Crippen molar-refractivity contribution in [1.29, 1.82) is 0 Å². The highest BCUT2D eigenvalue weighted by Gasteiger charge is 2.15. The quantitative estimate of drug-likeness (QED) is 0.731. The Balaban J connectivity index is 2.31. The van der Waals surface area contributed by atoms with E-state index in [1.165, 1.54) is 11.3 Å². The second kappa shape index (κ2) is 7.80. The molecule has 0 aliphatic carbocycles. The molecule has 19 heavy (non-hydrogen) atoms. The standard InChI is InChI=1S/C11H19N5O2S/c1-4-16(5-2)7-6-12-9(17)10(18)13-11-15-14-8(3)19-11/h4-7H2,1-3H3,(H,12,17)(H,13,15,18). The van der Waals surface area contributed by atoms with Gasteiger partial charge in [-0.1, -0.05) is 25.2 Å². The topological polar surface area (TPSA) is 87.2 Å². The molecule has 0 aliphatic rings. The van der Waals surface area contributed by atoms with Crippen LogP contribution < -0.4 is 10.6 Å². The van der Waals surface area contributed by atoms with E-state index in [4.69, 9.17) is 0 Å². The van der Waals surface area contributed by atoms with E-state index in [1.54, 1.807) is 6.92 Å². The van der Waals surface area contributed by atoms with Crippen molar-refractivity contribution in [2.24, 2.45) is 0 Å². The van der Waals surface area contributed by atoms with Crippen molar-refractivity contribution < 1.29 is 9.59 Å². The molecule has 7 nitrogen and oxygen atoms in total. The molecular weight excluding hydrogens is 266 g/mol. The van der Waals surface area contributed by atoms with Gasteiger partial charge in [0.2, 0.25) is 5.13 Å². The zero-order valence-corrected chi connectivity index (χ0v) is 12.2. The summed E-state index contributed by atoms with van der Waals surface area (Å²) in [5.74, 6) is -1.37. The number of hydrogen-bond donors (Lipinski definition) is 2. The Labute approximate surface area is 116 Å². The first-order valence-electron chi connectivity index (χ1n) is 6.18. The number of hydrogen-bond acceptors (Lipinski definition) is 6. The van der Waals surface area contributed by atoms with Crippen LogP contribution in [0.5, 0.6) is 0 Å². The summed E-state index contributed by atoms with van der Waals surface area (Å²) in [6, 6.07) is 0. The molecule has 0 spiro atoms. The fraction of sp³-hybridized carbons (Fsp3) is 0.636. The summed E-state index contributed by atoms with van der Waals surface area (Å²) in [7, 11) is 0. The predicted octanol–water partition coefficient (Wildman–Crippen LogP) is 0.243. The maximum atomic E-state index is 11.5. The van der Waals surface area contributed by atoms with Gasteiger partial charge < -0.3 is 10.2 Å². The van der Waals surface area contributed by atoms with E-state index in [-0.39, 0.29) is 0 Å². The number of aryl methyl sites for hydroxylation is 1. The molecule has 0 aromatic carbocycles. The summed E-state index contributed by atoms with van der Waals surface area (Å²) in [6.45, 7) is 8.89. The highest BCUT2D eigenvalue weighted by molar-refractivity contribution is 7.15. The minimum Gasteiger partial charge on any atom is -0.347 e. The zero-order valence-electron chi connectivity index (χ0n) is 11.4. The number of likely N-dealkylation sites (N-methyl/N-ethyl adjacent to an activating group) is 1. The van der Waals surface area contributed by atoms with Crippen LogP contribution in [0.3, 0.4) is 0 Å². The number of amides is 2. The van der Waals surface area contributed by atoms with Crippen molar-refractivity contribution in [3.8, 4) is 0 Å². The van der Waals surface area contributed by atoms with Crippen LogP contribution in [-0.2, 0) is 9.59 Å². The van der Waals surface area contributed by atoms with E-state index in [0.717, 1.165) is 24.6 Å². The minimum atomic E-state index is -0.712. The Morgan fingerprint density at radius 3 is 2.42 bits per heavy atom. The van der Waals surface area contributed by atoms with Crippen LogP contribution in [0.4, 0.5) is 5.13 Å². The molecule has 1 rings (SSSR count). The van der Waals surface area contributed by atoms with Gasteiger partial charge in [0, 0.05) is 13.1 Å². The molecule has 1 aromatic heterocycles. The molecule has 1 heterocycles. The Kier molecular flexibility index (Phi) is 6.37. The normalized spacial score (nSPS) is 10.5. The SMILES string of the molecule is CCN(CC)CCNC(=O)C(=O)Nc1nnc(C)s1. The van der Waals surface area contributed by atoms with Gasteiger partial charge in [-0.05, 0) is 20.0 Å². The molecule has 0 unspecified atom stereocenters. The lowest BCUT2D eigenvalue weighted by Gasteiger charge is -2.17. The number of rotatable bonds is 6. The summed E-state index contributed by atoms with van der Waals surface area (Å²) in [5.41, 5.74) is 0. The second-order valence-electron chi connectivity index (χ2n) is 3.86. The van der Waals surface area contributed by atoms with Crippen LogP contribution in [-0.4, -0.2) is 53.1 Å². The van der Waals surface area contributed by atoms with Gasteiger partial charge in [0.1, 0.15) is 5.01 Å². The average Bonchev–Trinajstić information content (AvgIpc) is 2.79. The van der Waals surface area contributed by atoms with Gasteiger partial charge in [-0.25, -0.2) is 0 Å². The second-order valence-corrected chi connectivity index (χ2v) is 5.04. The van der Waals surface area contributed by atoms with E-state index in [0.29, 0.717) is 11.7 Å². The highest BCUT2D eigenvalue weighted by Crippen LogP contribution is 2.12. The van der Waals surface area contributed by atoms with Crippen molar-refractivity contribution in [2.45, 2.75) is 20.8 Å². The third kappa shape index (κ3) is 5.31. The fourth-order valence-electron chi connectivity index (χ4n) is 1.45. The maximum absolute atomic E-state index is 11.5. The Bertz CT molecular complexity index is 430. The molecule has 0 fully saturated rings. The van der Waals surface area contributed by atoms with Crippen molar-refractivity contribution in [2.75, 3.05) is 31.5 Å². The van der Waals surface area contributed by atoms with Crippen LogP contribution in [0.2, 0.25) is 0 Å². The molecule has 8 heteroatoms. The van der Waals surface area contributed by atoms with Gasteiger partial charge in [-0.2, -0.15) is 0 Å². The molecule has 2 N–H and O–H groups in total. The lowest BCUT2D eigenvalue weighted by molar-refractivity contribution is -0.136. The van der Waals surface area contributed by atoms with Crippen LogP contribution in [0, 0.1) is 6.92 Å². The maximum Gasteiger partial charge on any atom is 0.315 e. The van der Waals surface area contributed by atoms with Gasteiger partial charge in [0.05, 0.1) is 0 Å². The first-order valence-corrected chi connectivity index (χ1v) is 7.00. The summed E-state index contributed by atoms with van der Waals surface area (Å²) >= 11 is 1.23. The zero-order chi connectivity index (χ0) is 14.3. The first-order chi connectivity index (χ1) is 9.06. The van der Waals surface area contributed by atoms with E-state index in [2.05, 4.69) is 39.6 Å². The monoisotopic (exact) mass is 285 g/mol. The molecule has 0 radical (unpaired) electrons. The van der Waals surface area contributed by atoms with Crippen molar-refractivity contribution >= 4 is 28.3 Å². The smallest absolute Gasteiger partial charge is 0.315 e. The number of aromatic nitrogens is 2. The number of anilines is 1. The van der Waals surface area contributed by atoms with E-state index in [1.807, 2.05) is 0 Å². The van der Waals surface area contributed by atoms with Gasteiger partial charge in [0.25, 0.3) is 0 Å². The van der Waals surface area contributed by atoms with Crippen LogP contribution in [0.15, 0.2) is 0 Å². The van der Waals surface area contributed by atoms with Gasteiger partial charge in [-0.15, -0.1) is 10.2 Å². The summed E-state index contributed by atoms with van der Waals surface area (Å²) in [5, 5.41) is 13.5. The largest absolute Gasteiger partial charge is 0.347 e. The minimum absolute atomic E-state index is 0.335. The molecule has 0 saturated carbocycles. The van der Waals surface area contributed by atoms with E-state index >= 15 is 0 Å². The molecular formula is C11H19N5O2S. The van der Waals surface area contributed by atoms with E-state index in [9.17, 15) is 9.59 Å². The molecule has 1 aromatic rings. The van der Waals surface area contributed by atoms with Crippen LogP contribution >= 0.6 is 11.3 Å². The van der Waals surface area contributed by atoms with Crippen LogP contribution in [0.25, 0.3) is 0 Å². The first kappa shape index (κ1) is 15.5. The lowest BCUT2D eigenvalue weighted by Crippen LogP contribution is -2.40. The van der Waals surface area contributed by atoms with Crippen LogP contribution in [0.1, 0.15) is 18.9 Å². The Morgan fingerprint density at radius 2 is 1.89 bits per heavy atom. The summed E-state index contributed by atoms with van der Waals surface area (Å²) in [6.07, 6.45) is 0. The van der Waals surface area contributed by atoms with Crippen molar-refractivity contribution in [3.05, 3.63) is 5.01 Å². The summed E-state index contributed by atoms with van der Waals surface area (Å²) < 4.78 is 0. The van der Waals surface area contributed by atoms with E-state index < -0.39 is 11.8 Å². The van der Waals surface area contributed by atoms with Crippen molar-refractivity contribution in [3.63, 3.8) is 0 Å². The average molecular weight is 285 g/mol. The van der Waals surface area contributed by atoms with Gasteiger partial charge in [0.15, 0.2) is 0 Å². The lowest BCUT2D eigenvalue weighted by atomic mass is 10.4. The molecule has 0 bridgehead atoms. The number of nitrogens with zero attached hydrogens (tertiary/aromatic N) is 3. The summed E-state index contributed by atoms with van der Waals surface area (Å²) in [4.78, 5) is 25.2. The Morgan fingerprint density at radius 1 is 1.21 bits per heavy atom. The molecule has 2 amide bonds. The molecule has 0 atom stereocenters. The number of carbonyl (C=O) groups is 2.